The van der Waals surface area contributed by atoms with Crippen molar-refractivity contribution < 1.29 is 19.2 Å². The van der Waals surface area contributed by atoms with Gasteiger partial charge in [0, 0.05) is 28.9 Å². The van der Waals surface area contributed by atoms with E-state index in [9.17, 15) is 9.90 Å². The van der Waals surface area contributed by atoms with Crippen LogP contribution in [0.3, 0.4) is 0 Å². The standard InChI is InChI=1S/C31H24Cl3N3O4/c1-37-26-11-16(7-9-19(26)29(35-37)31(38)39)20-13-21(20)18-10-8-17(12-25(18)34)40-14-22-28(36-41-30(22)15-5-6-15)27-23(32)3-2-4-24(27)33/h2-4,7-12,15,20-21H,5-6,13-14H2,1H3,(H,38,39)/t20-,21-/m0/s1. The average Bonchev–Trinajstić information content (AvgIpc) is 3.87. The van der Waals surface area contributed by atoms with Crippen LogP contribution in [0, 0.1) is 0 Å². The van der Waals surface area contributed by atoms with Crippen molar-refractivity contribution in [2.75, 3.05) is 0 Å². The summed E-state index contributed by atoms with van der Waals surface area (Å²) in [7, 11) is 1.76. The lowest BCUT2D eigenvalue weighted by Gasteiger charge is -2.11. The minimum atomic E-state index is -1.03. The van der Waals surface area contributed by atoms with Crippen molar-refractivity contribution in [3.05, 3.63) is 97.8 Å². The van der Waals surface area contributed by atoms with E-state index in [1.165, 1.54) is 0 Å². The predicted molar refractivity (Wildman–Crippen MR) is 157 cm³/mol. The number of carboxylic acid groups (broad SMARTS) is 1. The highest BCUT2D eigenvalue weighted by atomic mass is 35.5. The molecule has 2 saturated carbocycles. The Morgan fingerprint density at radius 3 is 2.54 bits per heavy atom. The fourth-order valence-electron chi connectivity index (χ4n) is 5.67. The van der Waals surface area contributed by atoms with E-state index in [-0.39, 0.29) is 18.2 Å². The number of rotatable bonds is 8. The Morgan fingerprint density at radius 2 is 1.83 bits per heavy atom. The van der Waals surface area contributed by atoms with Crippen molar-refractivity contribution in [1.82, 2.24) is 14.9 Å². The van der Waals surface area contributed by atoms with E-state index in [0.29, 0.717) is 49.3 Å². The monoisotopic (exact) mass is 607 g/mol. The van der Waals surface area contributed by atoms with Crippen LogP contribution < -0.4 is 4.74 Å². The number of hydrogen-bond donors (Lipinski definition) is 1. The Bertz CT molecular complexity index is 1820. The van der Waals surface area contributed by atoms with Gasteiger partial charge in [-0.25, -0.2) is 4.79 Å². The molecule has 0 spiro atoms. The van der Waals surface area contributed by atoms with Crippen LogP contribution in [-0.4, -0.2) is 26.0 Å². The van der Waals surface area contributed by atoms with Crippen LogP contribution in [-0.2, 0) is 13.7 Å². The SMILES string of the molecule is Cn1nc(C(=O)O)c2ccc([C@@H]3C[C@H]3c3ccc(OCc4c(-c5c(Cl)cccc5Cl)noc4C4CC4)cc3Cl)cc21. The second-order valence-electron chi connectivity index (χ2n) is 10.7. The molecule has 7 rings (SSSR count). The third kappa shape index (κ3) is 4.76. The molecule has 0 radical (unpaired) electrons. The Balaban J connectivity index is 1.10. The molecule has 0 bridgehead atoms. The number of halogens is 3. The molecular weight excluding hydrogens is 585 g/mol. The van der Waals surface area contributed by atoms with Crippen molar-refractivity contribution in [2.45, 2.75) is 43.6 Å². The number of nitrogens with zero attached hydrogens (tertiary/aromatic N) is 3. The second-order valence-corrected chi connectivity index (χ2v) is 11.9. The molecule has 0 amide bonds. The highest BCUT2D eigenvalue weighted by Gasteiger charge is 2.41. The van der Waals surface area contributed by atoms with Crippen molar-refractivity contribution in [1.29, 1.82) is 0 Å². The zero-order valence-electron chi connectivity index (χ0n) is 21.9. The molecule has 0 saturated heterocycles. The van der Waals surface area contributed by atoms with E-state index in [4.69, 9.17) is 44.1 Å². The first-order chi connectivity index (χ1) is 19.8. The molecule has 2 aliphatic rings. The summed E-state index contributed by atoms with van der Waals surface area (Å²) in [5, 5.41) is 20.2. The molecule has 2 aromatic heterocycles. The van der Waals surface area contributed by atoms with Gasteiger partial charge < -0.3 is 14.4 Å². The van der Waals surface area contributed by atoms with Gasteiger partial charge in [0.2, 0.25) is 0 Å². The summed E-state index contributed by atoms with van der Waals surface area (Å²) in [5.74, 6) is 1.34. The summed E-state index contributed by atoms with van der Waals surface area (Å²) in [6, 6.07) is 17.0. The van der Waals surface area contributed by atoms with Gasteiger partial charge in [-0.2, -0.15) is 5.10 Å². The summed E-state index contributed by atoms with van der Waals surface area (Å²) >= 11 is 19.7. The molecule has 41 heavy (non-hydrogen) atoms. The molecule has 5 aromatic rings. The smallest absolute Gasteiger partial charge is 0.357 e. The number of benzene rings is 3. The van der Waals surface area contributed by atoms with Gasteiger partial charge in [0.05, 0.1) is 21.1 Å². The minimum Gasteiger partial charge on any atom is -0.489 e. The van der Waals surface area contributed by atoms with E-state index in [1.807, 2.05) is 36.4 Å². The molecule has 2 atom stereocenters. The van der Waals surface area contributed by atoms with Crippen LogP contribution in [0.25, 0.3) is 22.2 Å². The minimum absolute atomic E-state index is 0.0672. The molecule has 1 N–H and O–H groups in total. The Hall–Kier alpha value is -3.52. The van der Waals surface area contributed by atoms with Crippen molar-refractivity contribution in [3.8, 4) is 17.0 Å². The van der Waals surface area contributed by atoms with Crippen LogP contribution in [0.15, 0.2) is 59.1 Å². The summed E-state index contributed by atoms with van der Waals surface area (Å²) in [6.07, 6.45) is 3.06. The average molecular weight is 609 g/mol. The van der Waals surface area contributed by atoms with Gasteiger partial charge >= 0.3 is 5.97 Å². The number of aromatic carboxylic acids is 1. The highest BCUT2D eigenvalue weighted by molar-refractivity contribution is 6.39. The number of fused-ring (bicyclic) bond motifs is 1. The van der Waals surface area contributed by atoms with E-state index >= 15 is 0 Å². The zero-order chi connectivity index (χ0) is 28.4. The maximum Gasteiger partial charge on any atom is 0.357 e. The van der Waals surface area contributed by atoms with Crippen molar-refractivity contribution in [2.24, 2.45) is 7.05 Å². The van der Waals surface area contributed by atoms with Crippen LogP contribution in [0.1, 0.15) is 70.0 Å². The Kier molecular flexibility index (Phi) is 6.49. The van der Waals surface area contributed by atoms with Crippen LogP contribution in [0.4, 0.5) is 0 Å². The third-order valence-electron chi connectivity index (χ3n) is 8.02. The molecule has 2 fully saturated rings. The van der Waals surface area contributed by atoms with Crippen molar-refractivity contribution >= 4 is 51.7 Å². The normalized spacial score (nSPS) is 18.1. The van der Waals surface area contributed by atoms with Gasteiger partial charge in [-0.1, -0.05) is 64.2 Å². The summed E-state index contributed by atoms with van der Waals surface area (Å²) in [5.41, 5.74) is 5.17. The second kappa shape index (κ2) is 10.1. The lowest BCUT2D eigenvalue weighted by Crippen LogP contribution is -2.00. The van der Waals surface area contributed by atoms with Crippen molar-refractivity contribution in [3.63, 3.8) is 0 Å². The fraction of sp³-hybridized carbons (Fsp3) is 0.258. The van der Waals surface area contributed by atoms with Crippen LogP contribution in [0.2, 0.25) is 15.1 Å². The quantitative estimate of drug-likeness (QED) is 0.190. The first-order valence-corrected chi connectivity index (χ1v) is 14.5. The topological polar surface area (TPSA) is 90.4 Å². The number of aryl methyl sites for hydroxylation is 1. The molecule has 2 heterocycles. The molecule has 10 heteroatoms. The molecule has 2 aliphatic carbocycles. The largest absolute Gasteiger partial charge is 0.489 e. The lowest BCUT2D eigenvalue weighted by molar-refractivity contribution is 0.0691. The molecular formula is C31H24Cl3N3O4. The van der Waals surface area contributed by atoms with Gasteiger partial charge in [0.25, 0.3) is 0 Å². The van der Waals surface area contributed by atoms with Gasteiger partial charge in [0.15, 0.2) is 5.69 Å². The fourth-order valence-corrected chi connectivity index (χ4v) is 6.56. The van der Waals surface area contributed by atoms with Gasteiger partial charge in [-0.3, -0.25) is 4.68 Å². The number of aromatic nitrogens is 3. The van der Waals surface area contributed by atoms with E-state index < -0.39 is 5.97 Å². The Morgan fingerprint density at radius 1 is 1.05 bits per heavy atom. The number of carboxylic acids is 1. The first-order valence-electron chi connectivity index (χ1n) is 13.3. The molecule has 7 nitrogen and oxygen atoms in total. The summed E-state index contributed by atoms with van der Waals surface area (Å²) in [4.78, 5) is 11.5. The Labute approximate surface area is 250 Å². The number of hydrogen-bond acceptors (Lipinski definition) is 5. The number of ether oxygens (including phenoxy) is 1. The van der Waals surface area contributed by atoms with Crippen LogP contribution >= 0.6 is 34.8 Å². The zero-order valence-corrected chi connectivity index (χ0v) is 24.2. The van der Waals surface area contributed by atoms with Gasteiger partial charge in [0.1, 0.15) is 23.8 Å². The maximum atomic E-state index is 11.5. The molecule has 0 unspecified atom stereocenters. The van der Waals surface area contributed by atoms with Gasteiger partial charge in [-0.05, 0) is 72.6 Å². The molecule has 208 valence electrons. The highest BCUT2D eigenvalue weighted by Crippen LogP contribution is 2.56. The number of carbonyl (C=O) groups is 1. The molecule has 3 aromatic carbocycles. The lowest BCUT2D eigenvalue weighted by atomic mass is 10.0. The van der Waals surface area contributed by atoms with E-state index in [1.54, 1.807) is 29.9 Å². The summed E-state index contributed by atoms with van der Waals surface area (Å²) in [6.45, 7) is 0.247. The van der Waals surface area contributed by atoms with Gasteiger partial charge in [-0.15, -0.1) is 0 Å². The first kappa shape index (κ1) is 26.4. The van der Waals surface area contributed by atoms with E-state index in [0.717, 1.165) is 47.2 Å². The summed E-state index contributed by atoms with van der Waals surface area (Å²) < 4.78 is 13.6. The van der Waals surface area contributed by atoms with E-state index in [2.05, 4.69) is 10.3 Å². The predicted octanol–water partition coefficient (Wildman–Crippen LogP) is 8.61. The molecule has 0 aliphatic heterocycles. The van der Waals surface area contributed by atoms with Crippen LogP contribution in [0.5, 0.6) is 5.75 Å². The third-order valence-corrected chi connectivity index (χ3v) is 8.97. The maximum absolute atomic E-state index is 11.5.